The van der Waals surface area contributed by atoms with Gasteiger partial charge in [-0.3, -0.25) is 0 Å². The quantitative estimate of drug-likeness (QED) is 0.0551. The van der Waals surface area contributed by atoms with Gasteiger partial charge >= 0.3 is 41.5 Å². The molecule has 0 fully saturated rings. The first-order chi connectivity index (χ1) is 19.3. The SMILES string of the molecule is CCCCCCCCC/C=C/COC(=O)c1ccc(S(=O)(=O)[O-])cc1C(=O)OC/C=C/CCCCCCCCC.[Na+]. The Morgan fingerprint density at radius 3 is 1.51 bits per heavy atom. The average Bonchev–Trinajstić information content (AvgIpc) is 2.93. The van der Waals surface area contributed by atoms with Gasteiger partial charge in [0.15, 0.2) is 0 Å². The van der Waals surface area contributed by atoms with Gasteiger partial charge in [-0.05, 0) is 43.9 Å². The Balaban J connectivity index is 0.0000160. The molecule has 226 valence electrons. The number of esters is 2. The maximum atomic E-state index is 12.7. The first-order valence-electron chi connectivity index (χ1n) is 15.0. The summed E-state index contributed by atoms with van der Waals surface area (Å²) in [5.41, 5.74) is -0.459. The fraction of sp³-hybridized carbons (Fsp3) is 0.625. The third kappa shape index (κ3) is 19.4. The molecule has 0 saturated heterocycles. The number of hydrogen-bond acceptors (Lipinski definition) is 7. The van der Waals surface area contributed by atoms with E-state index >= 15 is 0 Å². The molecular weight excluding hydrogens is 551 g/mol. The smallest absolute Gasteiger partial charge is 0.744 e. The van der Waals surface area contributed by atoms with Gasteiger partial charge in [0.05, 0.1) is 16.0 Å². The second-order valence-corrected chi connectivity index (χ2v) is 11.5. The van der Waals surface area contributed by atoms with Crippen molar-refractivity contribution in [2.45, 2.75) is 121 Å². The van der Waals surface area contributed by atoms with E-state index < -0.39 is 27.0 Å². The summed E-state index contributed by atoms with van der Waals surface area (Å²) in [4.78, 5) is 24.7. The van der Waals surface area contributed by atoms with Crippen LogP contribution in [0.15, 0.2) is 47.4 Å². The van der Waals surface area contributed by atoms with E-state index in [0.29, 0.717) is 0 Å². The average molecular weight is 601 g/mol. The number of hydrogen-bond donors (Lipinski definition) is 0. The van der Waals surface area contributed by atoms with Crippen molar-refractivity contribution in [3.63, 3.8) is 0 Å². The van der Waals surface area contributed by atoms with E-state index in [2.05, 4.69) is 13.8 Å². The number of rotatable bonds is 23. The van der Waals surface area contributed by atoms with Crippen LogP contribution in [0.4, 0.5) is 0 Å². The maximum absolute atomic E-state index is 12.7. The zero-order valence-corrected chi connectivity index (χ0v) is 28.4. The summed E-state index contributed by atoms with van der Waals surface area (Å²) in [7, 11) is -4.82. The predicted octanol–water partition coefficient (Wildman–Crippen LogP) is 5.30. The molecular formula is C32H49NaO7S. The number of benzene rings is 1. The van der Waals surface area contributed by atoms with Crippen LogP contribution in [0.2, 0.25) is 0 Å². The monoisotopic (exact) mass is 600 g/mol. The summed E-state index contributed by atoms with van der Waals surface area (Å²) in [6, 6.07) is 2.98. The van der Waals surface area contributed by atoms with Crippen LogP contribution in [0.25, 0.3) is 0 Å². The molecule has 7 nitrogen and oxygen atoms in total. The molecule has 0 aromatic heterocycles. The summed E-state index contributed by atoms with van der Waals surface area (Å²) in [6.45, 7) is 4.39. The van der Waals surface area contributed by atoms with E-state index in [0.717, 1.165) is 50.3 Å². The van der Waals surface area contributed by atoms with Crippen LogP contribution in [0.5, 0.6) is 0 Å². The first-order valence-corrected chi connectivity index (χ1v) is 16.5. The summed E-state index contributed by atoms with van der Waals surface area (Å²) >= 11 is 0. The van der Waals surface area contributed by atoms with Crippen LogP contribution < -0.4 is 29.6 Å². The fourth-order valence-corrected chi connectivity index (χ4v) is 4.74. The van der Waals surface area contributed by atoms with Gasteiger partial charge in [-0.15, -0.1) is 0 Å². The van der Waals surface area contributed by atoms with Crippen molar-refractivity contribution >= 4 is 22.1 Å². The van der Waals surface area contributed by atoms with Crippen molar-refractivity contribution in [1.29, 1.82) is 0 Å². The molecule has 0 atom stereocenters. The summed E-state index contributed by atoms with van der Waals surface area (Å²) in [5.74, 6) is -1.69. The van der Waals surface area contributed by atoms with Gasteiger partial charge in [-0.2, -0.15) is 0 Å². The molecule has 0 bridgehead atoms. The third-order valence-corrected chi connectivity index (χ3v) is 7.45. The minimum Gasteiger partial charge on any atom is -0.744 e. The molecule has 41 heavy (non-hydrogen) atoms. The first kappa shape index (κ1) is 39.5. The van der Waals surface area contributed by atoms with Gasteiger partial charge in [0.25, 0.3) is 0 Å². The molecule has 0 spiro atoms. The van der Waals surface area contributed by atoms with E-state index in [9.17, 15) is 22.6 Å². The minimum absolute atomic E-state index is 0. The van der Waals surface area contributed by atoms with Crippen molar-refractivity contribution in [2.24, 2.45) is 0 Å². The van der Waals surface area contributed by atoms with Gasteiger partial charge in [-0.25, -0.2) is 18.0 Å². The standard InChI is InChI=1S/C32H50O7S.Na/c1-3-5-7-9-11-13-15-17-19-21-25-38-31(33)29-24-23-28(40(35,36)37)27-30(29)32(34)39-26-22-20-18-16-14-12-10-8-6-4-2;/h19-24,27H,3-18,25-26H2,1-2H3,(H,35,36,37);/q;+1/p-1/b21-19+,22-20+;. The third-order valence-electron chi connectivity index (χ3n) is 6.62. The Morgan fingerprint density at radius 2 is 1.07 bits per heavy atom. The topological polar surface area (TPSA) is 110 Å². The van der Waals surface area contributed by atoms with Gasteiger partial charge < -0.3 is 14.0 Å². The van der Waals surface area contributed by atoms with Crippen LogP contribution in [-0.2, 0) is 19.6 Å². The Morgan fingerprint density at radius 1 is 0.659 bits per heavy atom. The number of allylic oxidation sites excluding steroid dienone is 2. The largest absolute Gasteiger partial charge is 1.00 e. The normalized spacial score (nSPS) is 11.6. The van der Waals surface area contributed by atoms with Crippen molar-refractivity contribution in [3.8, 4) is 0 Å². The zero-order valence-electron chi connectivity index (χ0n) is 25.5. The second kappa shape index (κ2) is 25.1. The molecule has 0 heterocycles. The van der Waals surface area contributed by atoms with Crippen LogP contribution in [-0.4, -0.2) is 38.1 Å². The molecule has 0 unspecified atom stereocenters. The Kier molecular flexibility index (Phi) is 24.2. The molecule has 0 radical (unpaired) electrons. The molecule has 9 heteroatoms. The van der Waals surface area contributed by atoms with Crippen molar-refractivity contribution < 1.29 is 61.6 Å². The van der Waals surface area contributed by atoms with Crippen molar-refractivity contribution in [2.75, 3.05) is 13.2 Å². The maximum Gasteiger partial charge on any atom is 1.00 e. The van der Waals surface area contributed by atoms with E-state index in [1.165, 1.54) is 70.6 Å². The van der Waals surface area contributed by atoms with Crippen LogP contribution in [0.3, 0.4) is 0 Å². The van der Waals surface area contributed by atoms with Crippen LogP contribution in [0, 0.1) is 0 Å². The number of ether oxygens (including phenoxy) is 2. The Hall–Kier alpha value is -1.45. The summed E-state index contributed by atoms with van der Waals surface area (Å²) in [5, 5.41) is 0. The molecule has 0 aliphatic carbocycles. The van der Waals surface area contributed by atoms with E-state index in [-0.39, 0.29) is 53.9 Å². The number of carbonyl (C=O) groups excluding carboxylic acids is 2. The van der Waals surface area contributed by atoms with E-state index in [1.54, 1.807) is 12.2 Å². The van der Waals surface area contributed by atoms with Crippen LogP contribution >= 0.6 is 0 Å². The number of unbranched alkanes of at least 4 members (excludes halogenated alkanes) is 14. The van der Waals surface area contributed by atoms with Gasteiger partial charge in [0, 0.05) is 0 Å². The Bertz CT molecular complexity index is 1020. The molecule has 1 rings (SSSR count). The molecule has 1 aromatic carbocycles. The molecule has 1 aromatic rings. The zero-order chi connectivity index (χ0) is 29.5. The van der Waals surface area contributed by atoms with Crippen molar-refractivity contribution in [3.05, 3.63) is 53.6 Å². The molecule has 0 aliphatic rings. The Labute approximate surface area is 270 Å². The molecule has 0 aliphatic heterocycles. The molecule has 0 saturated carbocycles. The molecule has 0 N–H and O–H groups in total. The number of carbonyl (C=O) groups is 2. The van der Waals surface area contributed by atoms with E-state index in [4.69, 9.17) is 9.47 Å². The fourth-order valence-electron chi connectivity index (χ4n) is 4.24. The van der Waals surface area contributed by atoms with Crippen molar-refractivity contribution in [1.82, 2.24) is 0 Å². The summed E-state index contributed by atoms with van der Waals surface area (Å²) in [6.07, 6.45) is 26.2. The van der Waals surface area contributed by atoms with Gasteiger partial charge in [-0.1, -0.05) is 115 Å². The molecule has 0 amide bonds. The van der Waals surface area contributed by atoms with Gasteiger partial charge in [0.1, 0.15) is 23.3 Å². The van der Waals surface area contributed by atoms with Crippen LogP contribution in [0.1, 0.15) is 137 Å². The second-order valence-electron chi connectivity index (χ2n) is 10.1. The minimum atomic E-state index is -4.82. The summed E-state index contributed by atoms with van der Waals surface area (Å²) < 4.78 is 44.9. The van der Waals surface area contributed by atoms with E-state index in [1.807, 2.05) is 12.2 Å². The predicted molar refractivity (Wildman–Crippen MR) is 158 cm³/mol. The van der Waals surface area contributed by atoms with Gasteiger partial charge in [0.2, 0.25) is 0 Å².